The molecule has 5 heterocycles. The average molecular weight is 969 g/mol. The van der Waals surface area contributed by atoms with Gasteiger partial charge in [-0.25, -0.2) is 4.98 Å². The van der Waals surface area contributed by atoms with Gasteiger partial charge in [-0.1, -0.05) is 176 Å². The molecule has 0 aliphatic heterocycles. The van der Waals surface area contributed by atoms with Gasteiger partial charge in [-0.15, -0.1) is 0 Å². The van der Waals surface area contributed by atoms with Crippen LogP contribution >= 0.6 is 0 Å². The topological polar surface area (TPSA) is 45.5 Å². The molecule has 11 aromatic carbocycles. The molecule has 0 saturated heterocycles. The highest BCUT2D eigenvalue weighted by atomic mass is 15.2. The fourth-order valence-electron chi connectivity index (χ4n) is 12.2. The van der Waals surface area contributed by atoms with E-state index in [1.165, 1.54) is 43.6 Å². The highest BCUT2D eigenvalue weighted by Crippen LogP contribution is 2.41. The van der Waals surface area contributed by atoms with E-state index in [0.29, 0.717) is 5.95 Å². The summed E-state index contributed by atoms with van der Waals surface area (Å²) in [6, 6.07) is 96.3. The first-order valence-corrected chi connectivity index (χ1v) is 25.9. The molecule has 0 bridgehead atoms. The Balaban J connectivity index is 0.885. The van der Waals surface area contributed by atoms with Crippen LogP contribution in [0.4, 0.5) is 0 Å². The Morgan fingerprint density at radius 1 is 0.211 bits per heavy atom. The van der Waals surface area contributed by atoms with Crippen molar-refractivity contribution in [3.8, 4) is 56.7 Å². The average Bonchev–Trinajstić information content (AvgIpc) is 4.28. The lowest BCUT2D eigenvalue weighted by atomic mass is 10.0. The van der Waals surface area contributed by atoms with Crippen molar-refractivity contribution in [2.45, 2.75) is 0 Å². The van der Waals surface area contributed by atoms with E-state index >= 15 is 0 Å². The monoisotopic (exact) mass is 968 g/mol. The zero-order valence-corrected chi connectivity index (χ0v) is 41.1. The highest BCUT2D eigenvalue weighted by Gasteiger charge is 2.22. The van der Waals surface area contributed by atoms with E-state index in [4.69, 9.17) is 9.97 Å². The van der Waals surface area contributed by atoms with Crippen LogP contribution in [0.5, 0.6) is 0 Å². The molecule has 0 N–H and O–H groups in total. The Morgan fingerprint density at radius 3 is 1.09 bits per heavy atom. The molecule has 0 atom stereocenters. The minimum absolute atomic E-state index is 0.603. The van der Waals surface area contributed by atoms with Crippen molar-refractivity contribution in [3.05, 3.63) is 267 Å². The highest BCUT2D eigenvalue weighted by molar-refractivity contribution is 6.14. The van der Waals surface area contributed by atoms with E-state index < -0.39 is 0 Å². The summed E-state index contributed by atoms with van der Waals surface area (Å²) in [4.78, 5) is 11.1. The minimum atomic E-state index is 0.603. The third kappa shape index (κ3) is 6.41. The molecule has 0 radical (unpaired) electrons. The predicted molar refractivity (Wildman–Crippen MR) is 316 cm³/mol. The van der Waals surface area contributed by atoms with Crippen LogP contribution in [0.1, 0.15) is 0 Å². The number of hydrogen-bond donors (Lipinski definition) is 0. The number of nitrogens with zero attached hydrogens (tertiary/aromatic N) is 6. The van der Waals surface area contributed by atoms with E-state index in [0.717, 1.165) is 94.3 Å². The molecule has 0 aliphatic rings. The molecule has 0 unspecified atom stereocenters. The van der Waals surface area contributed by atoms with Crippen LogP contribution in [0.3, 0.4) is 0 Å². The van der Waals surface area contributed by atoms with Gasteiger partial charge in [0.25, 0.3) is 0 Å². The number of benzene rings is 11. The lowest BCUT2D eigenvalue weighted by Crippen LogP contribution is -2.07. The third-order valence-corrected chi connectivity index (χ3v) is 15.6. The molecule has 16 rings (SSSR count). The van der Waals surface area contributed by atoms with Gasteiger partial charge in [0.1, 0.15) is 5.82 Å². The van der Waals surface area contributed by atoms with Gasteiger partial charge in [-0.2, -0.15) is 4.98 Å². The number of para-hydroxylation sites is 6. The van der Waals surface area contributed by atoms with E-state index in [1.807, 2.05) is 0 Å². The second-order valence-electron chi connectivity index (χ2n) is 19.8. The maximum absolute atomic E-state index is 5.64. The molecule has 5 aromatic heterocycles. The van der Waals surface area contributed by atoms with Crippen LogP contribution in [0, 0.1) is 0 Å². The van der Waals surface area contributed by atoms with Crippen LogP contribution in [-0.4, -0.2) is 28.2 Å². The van der Waals surface area contributed by atoms with Gasteiger partial charge < -0.3 is 9.13 Å². The summed E-state index contributed by atoms with van der Waals surface area (Å²) in [6.07, 6.45) is 0. The van der Waals surface area contributed by atoms with Crippen LogP contribution < -0.4 is 0 Å². The Morgan fingerprint density at radius 2 is 0.566 bits per heavy atom. The third-order valence-electron chi connectivity index (χ3n) is 15.6. The molecule has 0 spiro atoms. The predicted octanol–water partition coefficient (Wildman–Crippen LogP) is 17.9. The van der Waals surface area contributed by atoms with Crippen molar-refractivity contribution in [1.82, 2.24) is 28.2 Å². The molecule has 76 heavy (non-hydrogen) atoms. The normalized spacial score (nSPS) is 11.9. The van der Waals surface area contributed by atoms with Gasteiger partial charge in [-0.05, 0) is 107 Å². The number of rotatable bonds is 7. The second-order valence-corrected chi connectivity index (χ2v) is 19.8. The first-order valence-electron chi connectivity index (χ1n) is 25.9. The van der Waals surface area contributed by atoms with E-state index in [9.17, 15) is 0 Å². The first kappa shape index (κ1) is 42.2. The summed E-state index contributed by atoms with van der Waals surface area (Å²) >= 11 is 0. The smallest absolute Gasteiger partial charge is 0.237 e. The van der Waals surface area contributed by atoms with Crippen LogP contribution in [0.15, 0.2) is 267 Å². The van der Waals surface area contributed by atoms with Crippen molar-refractivity contribution in [2.75, 3.05) is 0 Å². The van der Waals surface area contributed by atoms with Gasteiger partial charge in [-0.3, -0.25) is 9.13 Å². The Labute approximate surface area is 436 Å². The molecule has 354 valence electrons. The zero-order chi connectivity index (χ0) is 49.8. The Kier molecular flexibility index (Phi) is 9.23. The number of hydrogen-bond acceptors (Lipinski definition) is 2. The van der Waals surface area contributed by atoms with Crippen molar-refractivity contribution < 1.29 is 0 Å². The maximum Gasteiger partial charge on any atom is 0.237 e. The molecule has 6 heteroatoms. The molecule has 0 amide bonds. The van der Waals surface area contributed by atoms with E-state index in [1.54, 1.807) is 0 Å². The Bertz CT molecular complexity index is 4980. The van der Waals surface area contributed by atoms with Gasteiger partial charge in [0, 0.05) is 66.1 Å². The number of fused-ring (bicyclic) bond motifs is 12. The maximum atomic E-state index is 5.64. The standard InChI is InChI=1S/C70H44N6/c1-4-18-45(19-5-1)60-44-69(75-63-30-16-13-27-55(63)59-41-47(35-39-66(59)75)48-32-36-56-52-24-10-14-28-61(52)74(67(56)42-48)51-22-8-3-9-23-51)72-70(71-60)76-64-31-17-11-25-53(64)57-37-33-49(43-68(57)76)46-34-38-65-58(40-46)54-26-12-15-29-62(54)73(65)50-20-6-2-7-21-50/h1-44H. The SMILES string of the molecule is c1ccc(-c2cc(-n3c4ccccc4c4cc(-c5ccc6c7ccccc7n(-c7ccccc7)c6c5)ccc43)nc(-n3c4ccccc4c4ccc(-c5ccc6c(c5)c5ccccc5n6-c5ccccc5)cc43)n2)cc1. The fourth-order valence-corrected chi connectivity index (χ4v) is 12.2. The molecule has 6 nitrogen and oxygen atoms in total. The molecular formula is C70H44N6. The molecule has 16 aromatic rings. The largest absolute Gasteiger partial charge is 0.309 e. The second kappa shape index (κ2) is 16.6. The van der Waals surface area contributed by atoms with Crippen molar-refractivity contribution in [3.63, 3.8) is 0 Å². The fraction of sp³-hybridized carbons (Fsp3) is 0. The quantitative estimate of drug-likeness (QED) is 0.160. The summed E-state index contributed by atoms with van der Waals surface area (Å²) in [7, 11) is 0. The van der Waals surface area contributed by atoms with Gasteiger partial charge >= 0.3 is 0 Å². The summed E-state index contributed by atoms with van der Waals surface area (Å²) in [5.41, 5.74) is 17.7. The van der Waals surface area contributed by atoms with Gasteiger partial charge in [0.05, 0.1) is 49.8 Å². The van der Waals surface area contributed by atoms with E-state index in [-0.39, 0.29) is 0 Å². The zero-order valence-electron chi connectivity index (χ0n) is 41.1. The minimum Gasteiger partial charge on any atom is -0.309 e. The van der Waals surface area contributed by atoms with Gasteiger partial charge in [0.15, 0.2) is 0 Å². The van der Waals surface area contributed by atoms with E-state index in [2.05, 4.69) is 285 Å². The van der Waals surface area contributed by atoms with Crippen LogP contribution in [-0.2, 0) is 0 Å². The summed E-state index contributed by atoms with van der Waals surface area (Å²) < 4.78 is 9.34. The van der Waals surface area contributed by atoms with Crippen molar-refractivity contribution in [1.29, 1.82) is 0 Å². The summed E-state index contributed by atoms with van der Waals surface area (Å²) in [6.45, 7) is 0. The molecule has 0 fully saturated rings. The van der Waals surface area contributed by atoms with Gasteiger partial charge in [0.2, 0.25) is 5.95 Å². The van der Waals surface area contributed by atoms with Crippen molar-refractivity contribution >= 4 is 87.2 Å². The van der Waals surface area contributed by atoms with Crippen molar-refractivity contribution in [2.24, 2.45) is 0 Å². The summed E-state index contributed by atoms with van der Waals surface area (Å²) in [5.74, 6) is 1.39. The lowest BCUT2D eigenvalue weighted by Gasteiger charge is -2.14. The summed E-state index contributed by atoms with van der Waals surface area (Å²) in [5, 5.41) is 9.52. The molecule has 0 aliphatic carbocycles. The van der Waals surface area contributed by atoms with Crippen LogP contribution in [0.2, 0.25) is 0 Å². The molecular weight excluding hydrogens is 925 g/mol. The lowest BCUT2D eigenvalue weighted by molar-refractivity contribution is 0.952. The van der Waals surface area contributed by atoms with Crippen LogP contribution in [0.25, 0.3) is 144 Å². The Hall–Kier alpha value is -10.3. The molecule has 0 saturated carbocycles. The first-order chi connectivity index (χ1) is 37.7. The number of aromatic nitrogens is 6.